The van der Waals surface area contributed by atoms with Crippen LogP contribution in [0, 0.1) is 5.92 Å². The van der Waals surface area contributed by atoms with Gasteiger partial charge in [0.05, 0.1) is 0 Å². The second-order valence-corrected chi connectivity index (χ2v) is 8.91. The Morgan fingerprint density at radius 3 is 2.63 bits per heavy atom. The Morgan fingerprint density at radius 1 is 1.16 bits per heavy atom. The van der Waals surface area contributed by atoms with E-state index in [1.165, 1.54) is 64.0 Å². The summed E-state index contributed by atoms with van der Waals surface area (Å²) in [6.07, 6.45) is 6.96. The number of nitrogens with one attached hydrogen (secondary N) is 1. The van der Waals surface area contributed by atoms with Crippen LogP contribution in [0.1, 0.15) is 52.9 Å². The Kier molecular flexibility index (Phi) is 6.04. The molecular formula is C16H32N2S. The highest BCUT2D eigenvalue weighted by atomic mass is 32.2. The Balaban J connectivity index is 1.60. The Morgan fingerprint density at radius 2 is 1.89 bits per heavy atom. The first-order valence-corrected chi connectivity index (χ1v) is 9.13. The van der Waals surface area contributed by atoms with Gasteiger partial charge in [-0.15, -0.1) is 0 Å². The molecule has 0 unspecified atom stereocenters. The van der Waals surface area contributed by atoms with Crippen LogP contribution in [-0.4, -0.2) is 47.6 Å². The third kappa shape index (κ3) is 5.65. The summed E-state index contributed by atoms with van der Waals surface area (Å²) < 4.78 is 0.488. The van der Waals surface area contributed by atoms with Crippen molar-refractivity contribution in [2.45, 2.75) is 63.7 Å². The number of rotatable bonds is 4. The van der Waals surface area contributed by atoms with Gasteiger partial charge in [-0.3, -0.25) is 0 Å². The first kappa shape index (κ1) is 15.7. The summed E-state index contributed by atoms with van der Waals surface area (Å²) >= 11 is 2.14. The van der Waals surface area contributed by atoms with Gasteiger partial charge in [0.2, 0.25) is 0 Å². The van der Waals surface area contributed by atoms with E-state index in [1.807, 2.05) is 0 Å². The van der Waals surface area contributed by atoms with Crippen molar-refractivity contribution in [2.75, 3.05) is 31.9 Å². The minimum Gasteiger partial charge on any atom is -0.313 e. The fraction of sp³-hybridized carbons (Fsp3) is 1.00. The normalized spacial score (nSPS) is 33.0. The van der Waals surface area contributed by atoms with E-state index >= 15 is 0 Å². The summed E-state index contributed by atoms with van der Waals surface area (Å²) in [5.74, 6) is 2.26. The molecule has 0 aromatic rings. The monoisotopic (exact) mass is 284 g/mol. The molecule has 1 saturated heterocycles. The molecule has 0 aromatic carbocycles. The molecule has 1 heterocycles. The van der Waals surface area contributed by atoms with Gasteiger partial charge in [-0.1, -0.05) is 20.8 Å². The molecule has 0 bridgehead atoms. The van der Waals surface area contributed by atoms with Gasteiger partial charge in [0.15, 0.2) is 0 Å². The molecule has 0 amide bonds. The van der Waals surface area contributed by atoms with Crippen molar-refractivity contribution in [3.8, 4) is 0 Å². The minimum atomic E-state index is 0.488. The molecule has 1 aliphatic heterocycles. The van der Waals surface area contributed by atoms with Gasteiger partial charge in [-0.05, 0) is 44.6 Å². The van der Waals surface area contributed by atoms with Crippen molar-refractivity contribution in [3.05, 3.63) is 0 Å². The Labute approximate surface area is 124 Å². The zero-order chi connectivity index (χ0) is 13.7. The molecule has 112 valence electrons. The number of nitrogens with zero attached hydrogens (tertiary/aromatic N) is 1. The quantitative estimate of drug-likeness (QED) is 0.852. The van der Waals surface area contributed by atoms with E-state index in [9.17, 15) is 0 Å². The average Bonchev–Trinajstić information content (AvgIpc) is 2.53. The third-order valence-electron chi connectivity index (χ3n) is 4.81. The maximum atomic E-state index is 3.78. The smallest absolute Gasteiger partial charge is 0.0116 e. The van der Waals surface area contributed by atoms with Gasteiger partial charge >= 0.3 is 0 Å². The van der Waals surface area contributed by atoms with Crippen molar-refractivity contribution >= 4 is 11.8 Å². The van der Waals surface area contributed by atoms with Gasteiger partial charge in [0.1, 0.15) is 0 Å². The van der Waals surface area contributed by atoms with Crippen LogP contribution in [0.25, 0.3) is 0 Å². The van der Waals surface area contributed by atoms with Crippen LogP contribution in [0.3, 0.4) is 0 Å². The summed E-state index contributed by atoms with van der Waals surface area (Å²) in [6, 6.07) is 0.800. The van der Waals surface area contributed by atoms with Crippen LogP contribution in [-0.2, 0) is 0 Å². The first-order valence-electron chi connectivity index (χ1n) is 8.15. The SMILES string of the molecule is CC1CCC(NCCN2CCSC(C)(C)CC2)CC1. The van der Waals surface area contributed by atoms with Crippen molar-refractivity contribution in [1.82, 2.24) is 10.2 Å². The standard InChI is InChI=1S/C16H32N2S/c1-14-4-6-15(7-5-14)17-9-11-18-10-8-16(2,3)19-13-12-18/h14-15,17H,4-13H2,1-3H3. The van der Waals surface area contributed by atoms with Crippen LogP contribution < -0.4 is 5.32 Å². The van der Waals surface area contributed by atoms with Gasteiger partial charge in [0, 0.05) is 36.2 Å². The number of hydrogen-bond donors (Lipinski definition) is 1. The topological polar surface area (TPSA) is 15.3 Å². The van der Waals surface area contributed by atoms with Crippen LogP contribution in [0.5, 0.6) is 0 Å². The van der Waals surface area contributed by atoms with Crippen molar-refractivity contribution in [2.24, 2.45) is 5.92 Å². The fourth-order valence-corrected chi connectivity index (χ4v) is 4.31. The highest BCUT2D eigenvalue weighted by molar-refractivity contribution is 8.00. The summed E-state index contributed by atoms with van der Waals surface area (Å²) in [5, 5.41) is 3.78. The molecule has 2 rings (SSSR count). The molecule has 0 spiro atoms. The van der Waals surface area contributed by atoms with Crippen LogP contribution in [0.4, 0.5) is 0 Å². The van der Waals surface area contributed by atoms with E-state index in [4.69, 9.17) is 0 Å². The van der Waals surface area contributed by atoms with E-state index in [1.54, 1.807) is 0 Å². The van der Waals surface area contributed by atoms with Crippen LogP contribution in [0.15, 0.2) is 0 Å². The average molecular weight is 285 g/mol. The van der Waals surface area contributed by atoms with Gasteiger partial charge < -0.3 is 10.2 Å². The molecule has 19 heavy (non-hydrogen) atoms. The molecule has 0 radical (unpaired) electrons. The first-order chi connectivity index (χ1) is 9.05. The maximum Gasteiger partial charge on any atom is 0.0116 e. The molecule has 2 aliphatic rings. The molecule has 2 fully saturated rings. The van der Waals surface area contributed by atoms with E-state index in [-0.39, 0.29) is 0 Å². The van der Waals surface area contributed by atoms with E-state index in [0.29, 0.717) is 4.75 Å². The lowest BCUT2D eigenvalue weighted by Gasteiger charge is -2.28. The lowest BCUT2D eigenvalue weighted by molar-refractivity contribution is 0.260. The number of hydrogen-bond acceptors (Lipinski definition) is 3. The Hall–Kier alpha value is 0.270. The highest BCUT2D eigenvalue weighted by Gasteiger charge is 2.23. The van der Waals surface area contributed by atoms with Gasteiger partial charge in [-0.2, -0.15) is 11.8 Å². The van der Waals surface area contributed by atoms with Crippen LogP contribution >= 0.6 is 11.8 Å². The van der Waals surface area contributed by atoms with Gasteiger partial charge in [0.25, 0.3) is 0 Å². The third-order valence-corrected chi connectivity index (χ3v) is 6.18. The Bertz CT molecular complexity index is 259. The predicted octanol–water partition coefficient (Wildman–Crippen LogP) is 3.37. The summed E-state index contributed by atoms with van der Waals surface area (Å²) in [4.78, 5) is 2.65. The van der Waals surface area contributed by atoms with E-state index in [0.717, 1.165) is 12.0 Å². The molecule has 1 saturated carbocycles. The van der Waals surface area contributed by atoms with E-state index < -0.39 is 0 Å². The van der Waals surface area contributed by atoms with E-state index in [2.05, 4.69) is 42.7 Å². The predicted molar refractivity (Wildman–Crippen MR) is 87.0 cm³/mol. The highest BCUT2D eigenvalue weighted by Crippen LogP contribution is 2.30. The van der Waals surface area contributed by atoms with Crippen molar-refractivity contribution in [3.63, 3.8) is 0 Å². The summed E-state index contributed by atoms with van der Waals surface area (Å²) in [5.41, 5.74) is 0. The summed E-state index contributed by atoms with van der Waals surface area (Å²) in [6.45, 7) is 12.2. The summed E-state index contributed by atoms with van der Waals surface area (Å²) in [7, 11) is 0. The lowest BCUT2D eigenvalue weighted by Crippen LogP contribution is -2.39. The largest absolute Gasteiger partial charge is 0.313 e. The molecule has 0 aromatic heterocycles. The molecular weight excluding hydrogens is 252 g/mol. The van der Waals surface area contributed by atoms with Crippen molar-refractivity contribution < 1.29 is 0 Å². The zero-order valence-corrected chi connectivity index (χ0v) is 13.9. The maximum absolute atomic E-state index is 3.78. The lowest BCUT2D eigenvalue weighted by atomic mass is 9.87. The molecule has 1 aliphatic carbocycles. The second-order valence-electron chi connectivity index (χ2n) is 7.11. The van der Waals surface area contributed by atoms with Crippen LogP contribution in [0.2, 0.25) is 0 Å². The fourth-order valence-electron chi connectivity index (χ4n) is 3.18. The number of thioether (sulfide) groups is 1. The molecule has 2 nitrogen and oxygen atoms in total. The molecule has 0 atom stereocenters. The minimum absolute atomic E-state index is 0.488. The van der Waals surface area contributed by atoms with Crippen molar-refractivity contribution in [1.29, 1.82) is 0 Å². The molecule has 1 N–H and O–H groups in total. The van der Waals surface area contributed by atoms with Gasteiger partial charge in [-0.25, -0.2) is 0 Å². The zero-order valence-electron chi connectivity index (χ0n) is 13.1. The second kappa shape index (κ2) is 7.33. The molecule has 3 heteroatoms.